The molecule has 0 amide bonds. The van der Waals surface area contributed by atoms with Gasteiger partial charge in [0.15, 0.2) is 0 Å². The molecule has 0 bridgehead atoms. The molecular weight excluding hydrogens is 316 g/mol. The van der Waals surface area contributed by atoms with Gasteiger partial charge in [0.2, 0.25) is 0 Å². The van der Waals surface area contributed by atoms with Crippen LogP contribution in [-0.4, -0.2) is 0 Å². The fourth-order valence-electron chi connectivity index (χ4n) is 3.25. The average molecular weight is 336 g/mol. The number of nitrogen functional groups attached to an aromatic ring is 2. The fraction of sp³-hybridized carbons (Fsp3) is 0. The van der Waals surface area contributed by atoms with Gasteiger partial charge in [-0.25, -0.2) is 0 Å². The van der Waals surface area contributed by atoms with E-state index in [2.05, 4.69) is 42.5 Å². The topological polar surface area (TPSA) is 52.0 Å². The Labute approximate surface area is 153 Å². The van der Waals surface area contributed by atoms with Crippen molar-refractivity contribution in [3.8, 4) is 33.4 Å². The van der Waals surface area contributed by atoms with Gasteiger partial charge in [0.05, 0.1) is 0 Å². The molecule has 26 heavy (non-hydrogen) atoms. The second-order valence-electron chi connectivity index (χ2n) is 6.34. The van der Waals surface area contributed by atoms with Crippen LogP contribution < -0.4 is 11.5 Å². The first-order valence-electron chi connectivity index (χ1n) is 8.62. The second-order valence-corrected chi connectivity index (χ2v) is 6.34. The molecule has 0 aliphatic heterocycles. The molecule has 0 spiro atoms. The largest absolute Gasteiger partial charge is 0.399 e. The monoisotopic (exact) mass is 336 g/mol. The van der Waals surface area contributed by atoms with Gasteiger partial charge in [-0.15, -0.1) is 0 Å². The molecule has 4 aromatic rings. The number of benzene rings is 4. The van der Waals surface area contributed by atoms with E-state index < -0.39 is 0 Å². The lowest BCUT2D eigenvalue weighted by molar-refractivity contribution is 1.56. The van der Waals surface area contributed by atoms with Gasteiger partial charge in [0.1, 0.15) is 0 Å². The van der Waals surface area contributed by atoms with Gasteiger partial charge in [0, 0.05) is 22.5 Å². The minimum Gasteiger partial charge on any atom is -0.399 e. The number of rotatable bonds is 3. The molecule has 0 saturated heterocycles. The van der Waals surface area contributed by atoms with Crippen molar-refractivity contribution < 1.29 is 0 Å². The predicted octanol–water partition coefficient (Wildman–Crippen LogP) is 5.85. The molecule has 0 saturated carbocycles. The maximum absolute atomic E-state index is 6.60. The Balaban J connectivity index is 1.99. The first kappa shape index (κ1) is 16.0. The summed E-state index contributed by atoms with van der Waals surface area (Å²) in [5.41, 5.74) is 20.6. The van der Waals surface area contributed by atoms with Gasteiger partial charge in [-0.05, 0) is 46.5 Å². The molecule has 0 atom stereocenters. The molecule has 0 unspecified atom stereocenters. The van der Waals surface area contributed by atoms with Crippen molar-refractivity contribution in [3.05, 3.63) is 97.1 Å². The molecule has 2 nitrogen and oxygen atoms in total. The van der Waals surface area contributed by atoms with Gasteiger partial charge in [-0.2, -0.15) is 0 Å². The molecule has 0 aromatic heterocycles. The van der Waals surface area contributed by atoms with Crippen LogP contribution in [0.2, 0.25) is 0 Å². The van der Waals surface area contributed by atoms with E-state index in [0.29, 0.717) is 0 Å². The van der Waals surface area contributed by atoms with Crippen LogP contribution in [0.3, 0.4) is 0 Å². The first-order chi connectivity index (χ1) is 12.7. The minimum atomic E-state index is 0.752. The van der Waals surface area contributed by atoms with Crippen molar-refractivity contribution in [2.75, 3.05) is 11.5 Å². The van der Waals surface area contributed by atoms with Gasteiger partial charge < -0.3 is 11.5 Å². The molecule has 0 aliphatic rings. The molecule has 4 N–H and O–H groups in total. The van der Waals surface area contributed by atoms with Crippen LogP contribution in [0.1, 0.15) is 0 Å². The lowest BCUT2D eigenvalue weighted by Gasteiger charge is -2.15. The highest BCUT2D eigenvalue weighted by molar-refractivity contribution is 5.93. The Morgan fingerprint density at radius 2 is 0.923 bits per heavy atom. The second kappa shape index (κ2) is 6.77. The SMILES string of the molecule is Nc1cccc(-c2cc(-c3ccccc3)c(N)c(-c3ccccc3)c2)c1. The Morgan fingerprint density at radius 3 is 1.42 bits per heavy atom. The summed E-state index contributed by atoms with van der Waals surface area (Å²) < 4.78 is 0. The van der Waals surface area contributed by atoms with Crippen molar-refractivity contribution in [1.82, 2.24) is 0 Å². The highest BCUT2D eigenvalue weighted by Crippen LogP contribution is 2.39. The number of anilines is 2. The maximum Gasteiger partial charge on any atom is 0.0473 e. The summed E-state index contributed by atoms with van der Waals surface area (Å²) in [6, 6.07) is 32.7. The Kier molecular flexibility index (Phi) is 4.16. The van der Waals surface area contributed by atoms with Crippen molar-refractivity contribution in [2.45, 2.75) is 0 Å². The van der Waals surface area contributed by atoms with Crippen molar-refractivity contribution in [1.29, 1.82) is 0 Å². The van der Waals surface area contributed by atoms with Crippen molar-refractivity contribution in [2.24, 2.45) is 0 Å². The van der Waals surface area contributed by atoms with E-state index in [1.165, 1.54) is 0 Å². The third kappa shape index (κ3) is 3.05. The van der Waals surface area contributed by atoms with Gasteiger partial charge in [-0.3, -0.25) is 0 Å². The molecule has 126 valence electrons. The van der Waals surface area contributed by atoms with Gasteiger partial charge in [0.25, 0.3) is 0 Å². The van der Waals surface area contributed by atoms with Crippen LogP contribution in [0.25, 0.3) is 33.4 Å². The Morgan fingerprint density at radius 1 is 0.423 bits per heavy atom. The molecule has 0 radical (unpaired) electrons. The first-order valence-corrected chi connectivity index (χ1v) is 8.62. The van der Waals surface area contributed by atoms with E-state index in [-0.39, 0.29) is 0 Å². The van der Waals surface area contributed by atoms with E-state index in [4.69, 9.17) is 11.5 Å². The Bertz CT molecular complexity index is 978. The van der Waals surface area contributed by atoms with E-state index >= 15 is 0 Å². The van der Waals surface area contributed by atoms with Crippen LogP contribution in [0.5, 0.6) is 0 Å². The highest BCUT2D eigenvalue weighted by atomic mass is 14.6. The zero-order valence-electron chi connectivity index (χ0n) is 14.4. The zero-order chi connectivity index (χ0) is 17.9. The molecule has 2 heteroatoms. The van der Waals surface area contributed by atoms with Crippen molar-refractivity contribution in [3.63, 3.8) is 0 Å². The van der Waals surface area contributed by atoms with Crippen LogP contribution >= 0.6 is 0 Å². The van der Waals surface area contributed by atoms with E-state index in [0.717, 1.165) is 44.8 Å². The molecule has 4 rings (SSSR count). The molecule has 0 aliphatic carbocycles. The van der Waals surface area contributed by atoms with Crippen LogP contribution in [0.4, 0.5) is 11.4 Å². The smallest absolute Gasteiger partial charge is 0.0473 e. The quantitative estimate of drug-likeness (QED) is 0.461. The predicted molar refractivity (Wildman–Crippen MR) is 112 cm³/mol. The fourth-order valence-corrected chi connectivity index (χ4v) is 3.25. The van der Waals surface area contributed by atoms with Crippen LogP contribution in [-0.2, 0) is 0 Å². The zero-order valence-corrected chi connectivity index (χ0v) is 14.4. The molecule has 0 fully saturated rings. The number of hydrogen-bond donors (Lipinski definition) is 2. The normalized spacial score (nSPS) is 10.6. The van der Waals surface area contributed by atoms with E-state index in [1.54, 1.807) is 0 Å². The number of hydrogen-bond acceptors (Lipinski definition) is 2. The molecule has 0 heterocycles. The highest BCUT2D eigenvalue weighted by Gasteiger charge is 2.12. The lowest BCUT2D eigenvalue weighted by atomic mass is 9.91. The summed E-state index contributed by atoms with van der Waals surface area (Å²) in [7, 11) is 0. The Hall–Kier alpha value is -3.52. The lowest BCUT2D eigenvalue weighted by Crippen LogP contribution is -1.96. The van der Waals surface area contributed by atoms with Crippen LogP contribution in [0, 0.1) is 0 Å². The third-order valence-corrected chi connectivity index (χ3v) is 4.57. The summed E-state index contributed by atoms with van der Waals surface area (Å²) in [5.74, 6) is 0. The summed E-state index contributed by atoms with van der Waals surface area (Å²) in [6.45, 7) is 0. The van der Waals surface area contributed by atoms with E-state index in [9.17, 15) is 0 Å². The standard InChI is InChI=1S/C24H20N2/c25-21-13-7-12-19(14-21)20-15-22(17-8-3-1-4-9-17)24(26)23(16-20)18-10-5-2-6-11-18/h1-16H,25-26H2. The summed E-state index contributed by atoms with van der Waals surface area (Å²) >= 11 is 0. The third-order valence-electron chi connectivity index (χ3n) is 4.57. The summed E-state index contributed by atoms with van der Waals surface area (Å²) in [5, 5.41) is 0. The van der Waals surface area contributed by atoms with Gasteiger partial charge in [-0.1, -0.05) is 72.8 Å². The number of nitrogens with two attached hydrogens (primary N) is 2. The van der Waals surface area contributed by atoms with Gasteiger partial charge >= 0.3 is 0 Å². The molecular formula is C24H20N2. The summed E-state index contributed by atoms with van der Waals surface area (Å²) in [4.78, 5) is 0. The van der Waals surface area contributed by atoms with Crippen LogP contribution in [0.15, 0.2) is 97.1 Å². The minimum absolute atomic E-state index is 0.752. The maximum atomic E-state index is 6.60. The van der Waals surface area contributed by atoms with E-state index in [1.807, 2.05) is 54.6 Å². The van der Waals surface area contributed by atoms with Crippen molar-refractivity contribution >= 4 is 11.4 Å². The summed E-state index contributed by atoms with van der Waals surface area (Å²) in [6.07, 6.45) is 0. The molecule has 4 aromatic carbocycles. The average Bonchev–Trinajstić information content (AvgIpc) is 2.69.